The van der Waals surface area contributed by atoms with E-state index >= 15 is 0 Å². The smallest absolute Gasteiger partial charge is 0.191 e. The van der Waals surface area contributed by atoms with Gasteiger partial charge in [0, 0.05) is 12.5 Å². The molecule has 2 aliphatic heterocycles. The highest BCUT2D eigenvalue weighted by Crippen LogP contribution is 2.45. The molecule has 2 heterocycles. The number of para-hydroxylation sites is 2. The number of hydrogen-bond donors (Lipinski definition) is 0. The maximum Gasteiger partial charge on any atom is 0.191 e. The van der Waals surface area contributed by atoms with Crippen LogP contribution in [-0.2, 0) is 9.53 Å². The molecular formula is C17H20O4. The third-order valence-corrected chi connectivity index (χ3v) is 4.99. The minimum atomic E-state index is -0.472. The van der Waals surface area contributed by atoms with Gasteiger partial charge in [-0.2, -0.15) is 0 Å². The lowest BCUT2D eigenvalue weighted by Gasteiger charge is -2.47. The number of benzene rings is 1. The average molecular weight is 288 g/mol. The van der Waals surface area contributed by atoms with E-state index < -0.39 is 6.10 Å². The molecule has 3 aliphatic rings. The van der Waals surface area contributed by atoms with Crippen molar-refractivity contribution in [3.05, 3.63) is 24.3 Å². The maximum absolute atomic E-state index is 12.7. The van der Waals surface area contributed by atoms with Gasteiger partial charge in [-0.1, -0.05) is 12.1 Å². The molecule has 2 fully saturated rings. The number of rotatable bonds is 2. The van der Waals surface area contributed by atoms with Crippen LogP contribution in [0.5, 0.6) is 11.5 Å². The van der Waals surface area contributed by atoms with E-state index in [9.17, 15) is 4.79 Å². The van der Waals surface area contributed by atoms with E-state index in [0.29, 0.717) is 19.0 Å². The van der Waals surface area contributed by atoms with E-state index in [1.54, 1.807) is 0 Å². The highest BCUT2D eigenvalue weighted by molar-refractivity contribution is 5.86. The lowest BCUT2D eigenvalue weighted by molar-refractivity contribution is -0.160. The zero-order valence-electron chi connectivity index (χ0n) is 12.0. The van der Waals surface area contributed by atoms with Crippen molar-refractivity contribution in [2.24, 2.45) is 5.92 Å². The summed E-state index contributed by atoms with van der Waals surface area (Å²) < 4.78 is 17.4. The molecule has 1 aromatic rings. The second-order valence-electron chi connectivity index (χ2n) is 6.34. The van der Waals surface area contributed by atoms with Crippen LogP contribution in [-0.4, -0.2) is 30.7 Å². The van der Waals surface area contributed by atoms with Gasteiger partial charge in [-0.05, 0) is 44.2 Å². The molecule has 1 aromatic carbocycles. The van der Waals surface area contributed by atoms with Crippen LogP contribution in [0.25, 0.3) is 0 Å². The summed E-state index contributed by atoms with van der Waals surface area (Å²) in [6.45, 7) is 1.01. The molecule has 0 aromatic heterocycles. The number of fused-ring (bicyclic) bond motifs is 1. The predicted octanol–water partition coefficient (Wildman–Crippen LogP) is 2.74. The number of carbonyl (C=O) groups excluding carboxylic acids is 1. The second kappa shape index (κ2) is 5.02. The Kier molecular flexibility index (Phi) is 3.14. The van der Waals surface area contributed by atoms with Gasteiger partial charge in [0.2, 0.25) is 0 Å². The minimum absolute atomic E-state index is 0.00793. The number of ether oxygens (including phenoxy) is 3. The molecule has 0 bridgehead atoms. The van der Waals surface area contributed by atoms with Gasteiger partial charge in [0.05, 0.1) is 5.60 Å². The number of hydrogen-bond acceptors (Lipinski definition) is 4. The molecule has 1 saturated carbocycles. The van der Waals surface area contributed by atoms with Crippen molar-refractivity contribution in [2.75, 3.05) is 13.2 Å². The molecule has 0 N–H and O–H groups in total. The van der Waals surface area contributed by atoms with E-state index in [0.717, 1.165) is 31.4 Å². The highest BCUT2D eigenvalue weighted by Gasteiger charge is 2.46. The zero-order valence-corrected chi connectivity index (χ0v) is 12.0. The topological polar surface area (TPSA) is 44.8 Å². The molecule has 2 unspecified atom stereocenters. The first-order chi connectivity index (χ1) is 10.3. The van der Waals surface area contributed by atoms with Crippen LogP contribution < -0.4 is 9.47 Å². The van der Waals surface area contributed by atoms with E-state index in [4.69, 9.17) is 14.2 Å². The molecule has 1 saturated heterocycles. The SMILES string of the molecule is O=C(C1CCOC2(CCC2)C1)C1COc2ccccc2O1. The molecule has 4 rings (SSSR count). The maximum atomic E-state index is 12.7. The molecule has 1 aliphatic carbocycles. The Morgan fingerprint density at radius 1 is 1.19 bits per heavy atom. The van der Waals surface area contributed by atoms with Gasteiger partial charge < -0.3 is 14.2 Å². The number of Topliss-reactive ketones (excluding diaryl/α,β-unsaturated/α-hetero) is 1. The van der Waals surface area contributed by atoms with Crippen molar-refractivity contribution >= 4 is 5.78 Å². The van der Waals surface area contributed by atoms with Crippen LogP contribution in [0, 0.1) is 5.92 Å². The summed E-state index contributed by atoms with van der Waals surface area (Å²) >= 11 is 0. The van der Waals surface area contributed by atoms with Crippen LogP contribution in [0.2, 0.25) is 0 Å². The van der Waals surface area contributed by atoms with Crippen LogP contribution >= 0.6 is 0 Å². The van der Waals surface area contributed by atoms with Crippen molar-refractivity contribution in [1.82, 2.24) is 0 Å². The summed E-state index contributed by atoms with van der Waals surface area (Å²) in [4.78, 5) is 12.7. The van der Waals surface area contributed by atoms with E-state index in [-0.39, 0.29) is 17.3 Å². The van der Waals surface area contributed by atoms with Crippen molar-refractivity contribution in [3.8, 4) is 11.5 Å². The normalized spacial score (nSPS) is 29.7. The first kappa shape index (κ1) is 13.1. The highest BCUT2D eigenvalue weighted by atomic mass is 16.6. The number of ketones is 1. The van der Waals surface area contributed by atoms with Crippen LogP contribution in [0.15, 0.2) is 24.3 Å². The molecule has 1 spiro atoms. The molecule has 21 heavy (non-hydrogen) atoms. The Morgan fingerprint density at radius 3 is 2.76 bits per heavy atom. The van der Waals surface area contributed by atoms with Crippen LogP contribution in [0.3, 0.4) is 0 Å². The van der Waals surface area contributed by atoms with E-state index in [2.05, 4.69) is 0 Å². The minimum Gasteiger partial charge on any atom is -0.485 e. The van der Waals surface area contributed by atoms with Crippen molar-refractivity contribution < 1.29 is 19.0 Å². The summed E-state index contributed by atoms with van der Waals surface area (Å²) in [6, 6.07) is 7.52. The quantitative estimate of drug-likeness (QED) is 0.839. The Hall–Kier alpha value is -1.55. The zero-order chi connectivity index (χ0) is 14.3. The van der Waals surface area contributed by atoms with Gasteiger partial charge in [0.15, 0.2) is 23.4 Å². The first-order valence-electron chi connectivity index (χ1n) is 7.82. The van der Waals surface area contributed by atoms with Crippen LogP contribution in [0.4, 0.5) is 0 Å². The molecule has 112 valence electrons. The Labute approximate surface area is 124 Å². The van der Waals surface area contributed by atoms with Crippen molar-refractivity contribution in [3.63, 3.8) is 0 Å². The molecule has 0 amide bonds. The molecule has 4 heteroatoms. The Morgan fingerprint density at radius 2 is 2.00 bits per heavy atom. The Balaban J connectivity index is 1.46. The van der Waals surface area contributed by atoms with Gasteiger partial charge in [0.1, 0.15) is 6.61 Å². The third-order valence-electron chi connectivity index (χ3n) is 4.99. The lowest BCUT2D eigenvalue weighted by Crippen LogP contribution is -2.50. The summed E-state index contributed by atoms with van der Waals surface area (Å²) in [7, 11) is 0. The molecule has 4 nitrogen and oxygen atoms in total. The second-order valence-corrected chi connectivity index (χ2v) is 6.34. The van der Waals surface area contributed by atoms with Crippen molar-refractivity contribution in [1.29, 1.82) is 0 Å². The standard InChI is InChI=1S/C17H20O4/c18-16(12-6-9-20-17(10-12)7-3-8-17)15-11-19-13-4-1-2-5-14(13)21-15/h1-2,4-5,12,15H,3,6-11H2. The predicted molar refractivity (Wildman–Crippen MR) is 76.6 cm³/mol. The largest absolute Gasteiger partial charge is 0.485 e. The average Bonchev–Trinajstić information content (AvgIpc) is 2.52. The first-order valence-corrected chi connectivity index (χ1v) is 7.82. The summed E-state index contributed by atoms with van der Waals surface area (Å²) in [5, 5.41) is 0. The summed E-state index contributed by atoms with van der Waals surface area (Å²) in [5.74, 6) is 1.63. The fourth-order valence-electron chi connectivity index (χ4n) is 3.61. The van der Waals surface area contributed by atoms with E-state index in [1.807, 2.05) is 24.3 Å². The van der Waals surface area contributed by atoms with Gasteiger partial charge in [0.25, 0.3) is 0 Å². The number of carbonyl (C=O) groups is 1. The Bertz CT molecular complexity index is 549. The lowest BCUT2D eigenvalue weighted by atomic mass is 9.70. The summed E-state index contributed by atoms with van der Waals surface area (Å²) in [6.07, 6.45) is 4.61. The third kappa shape index (κ3) is 2.31. The summed E-state index contributed by atoms with van der Waals surface area (Å²) in [5.41, 5.74) is -0.00793. The van der Waals surface area contributed by atoms with Gasteiger partial charge in [-0.25, -0.2) is 0 Å². The molecule has 2 atom stereocenters. The molecular weight excluding hydrogens is 268 g/mol. The molecule has 0 radical (unpaired) electrons. The van der Waals surface area contributed by atoms with Crippen molar-refractivity contribution in [2.45, 2.75) is 43.8 Å². The fourth-order valence-corrected chi connectivity index (χ4v) is 3.61. The van der Waals surface area contributed by atoms with Gasteiger partial charge in [-0.15, -0.1) is 0 Å². The van der Waals surface area contributed by atoms with Crippen LogP contribution in [0.1, 0.15) is 32.1 Å². The van der Waals surface area contributed by atoms with E-state index in [1.165, 1.54) is 6.42 Å². The monoisotopic (exact) mass is 288 g/mol. The fraction of sp³-hybridized carbons (Fsp3) is 0.588. The van der Waals surface area contributed by atoms with Gasteiger partial charge in [-0.3, -0.25) is 4.79 Å². The van der Waals surface area contributed by atoms with Gasteiger partial charge >= 0.3 is 0 Å².